The molecule has 1 saturated carbocycles. The van der Waals surface area contributed by atoms with Crippen molar-refractivity contribution in [2.75, 3.05) is 13.6 Å². The third-order valence-corrected chi connectivity index (χ3v) is 10.0. The number of urea groups is 1. The maximum atomic E-state index is 13.5. The molecule has 0 saturated heterocycles. The topological polar surface area (TPSA) is 139 Å². The first kappa shape index (κ1) is 29.1. The molecule has 2 aromatic heterocycles. The summed E-state index contributed by atoms with van der Waals surface area (Å²) in [5.74, 6) is 0.860. The fourth-order valence-electron chi connectivity index (χ4n) is 5.92. The monoisotopic (exact) mass is 644 g/mol. The molecule has 2 aliphatic rings. The zero-order valence-electron chi connectivity index (χ0n) is 24.5. The van der Waals surface area contributed by atoms with Crippen molar-refractivity contribution in [2.45, 2.75) is 43.0 Å². The van der Waals surface area contributed by atoms with Crippen LogP contribution in [0.3, 0.4) is 0 Å². The highest BCUT2D eigenvalue weighted by Gasteiger charge is 2.44. The molecule has 0 radical (unpaired) electrons. The van der Waals surface area contributed by atoms with E-state index in [-0.39, 0.29) is 10.8 Å². The van der Waals surface area contributed by atoms with Gasteiger partial charge in [0.25, 0.3) is 15.9 Å². The Morgan fingerprint density at radius 2 is 1.78 bits per heavy atom. The highest BCUT2D eigenvalue weighted by molar-refractivity contribution is 7.90. The Balaban J connectivity index is 1.14. The van der Waals surface area contributed by atoms with Crippen LogP contribution in [-0.4, -0.2) is 59.2 Å². The smallest absolute Gasteiger partial charge is 0.329 e. The number of halogens is 1. The number of aromatic nitrogens is 3. The van der Waals surface area contributed by atoms with Gasteiger partial charge >= 0.3 is 6.03 Å². The van der Waals surface area contributed by atoms with Gasteiger partial charge < -0.3 is 19.2 Å². The second-order valence-electron chi connectivity index (χ2n) is 11.6. The van der Waals surface area contributed by atoms with Gasteiger partial charge in [-0.1, -0.05) is 23.7 Å². The zero-order valence-corrected chi connectivity index (χ0v) is 26.1. The van der Waals surface area contributed by atoms with Crippen molar-refractivity contribution in [1.29, 1.82) is 0 Å². The average Bonchev–Trinajstić information content (AvgIpc) is 3.46. The zero-order chi connectivity index (χ0) is 31.5. The van der Waals surface area contributed by atoms with E-state index in [1.54, 1.807) is 11.8 Å². The first-order valence-electron chi connectivity index (χ1n) is 14.5. The molecule has 230 valence electrons. The molecule has 2 N–H and O–H groups in total. The Hall–Kier alpha value is -4.68. The molecule has 5 aromatic rings. The number of aryl methyl sites for hydroxylation is 1. The van der Waals surface area contributed by atoms with E-state index in [1.165, 1.54) is 24.3 Å². The van der Waals surface area contributed by atoms with E-state index in [0.717, 1.165) is 52.5 Å². The molecule has 3 amide bonds. The van der Waals surface area contributed by atoms with Crippen LogP contribution in [0.25, 0.3) is 28.0 Å². The maximum absolute atomic E-state index is 13.5. The van der Waals surface area contributed by atoms with Crippen LogP contribution in [0.5, 0.6) is 0 Å². The molecule has 0 atom stereocenters. The van der Waals surface area contributed by atoms with Gasteiger partial charge in [-0.25, -0.2) is 17.9 Å². The van der Waals surface area contributed by atoms with E-state index >= 15 is 0 Å². The van der Waals surface area contributed by atoms with Gasteiger partial charge in [0.05, 0.1) is 10.4 Å². The summed E-state index contributed by atoms with van der Waals surface area (Å²) in [6.07, 6.45) is 2.69. The van der Waals surface area contributed by atoms with Crippen LogP contribution in [-0.2, 0) is 22.9 Å². The highest BCUT2D eigenvalue weighted by atomic mass is 35.5. The SMILES string of the molecule is Cc1nnc(-c2ccc3c(c2)c2c(n3-c3ccc(CC4(NC(=O)NS(=O)(=O)c5ccc(Cl)cc5)CC4)cc3)C(=O)N(C)CC2)o1. The number of rotatable bonds is 7. The van der Waals surface area contributed by atoms with E-state index in [4.69, 9.17) is 16.0 Å². The number of fused-ring (bicyclic) bond motifs is 3. The number of amides is 3. The Morgan fingerprint density at radius 3 is 2.44 bits per heavy atom. The third kappa shape index (κ3) is 5.44. The van der Waals surface area contributed by atoms with E-state index in [9.17, 15) is 18.0 Å². The fraction of sp³-hybridized carbons (Fsp3) is 0.250. The number of nitrogens with one attached hydrogen (secondary N) is 2. The molecule has 45 heavy (non-hydrogen) atoms. The Labute approximate surface area is 264 Å². The quantitative estimate of drug-likeness (QED) is 0.253. The van der Waals surface area contributed by atoms with Crippen molar-refractivity contribution >= 4 is 44.5 Å². The summed E-state index contributed by atoms with van der Waals surface area (Å²) < 4.78 is 35.0. The second kappa shape index (κ2) is 10.7. The van der Waals surface area contributed by atoms with Gasteiger partial charge in [-0.2, -0.15) is 0 Å². The van der Waals surface area contributed by atoms with Crippen LogP contribution >= 0.6 is 11.6 Å². The van der Waals surface area contributed by atoms with Crippen LogP contribution < -0.4 is 10.0 Å². The van der Waals surface area contributed by atoms with Crippen molar-refractivity contribution in [2.24, 2.45) is 0 Å². The van der Waals surface area contributed by atoms with Crippen LogP contribution in [0.15, 0.2) is 76.0 Å². The minimum absolute atomic E-state index is 0.0483. The number of likely N-dealkylation sites (N-methyl/N-ethyl adjacent to an activating group) is 1. The Kier molecular flexibility index (Phi) is 6.93. The molecule has 11 nitrogen and oxygen atoms in total. The summed E-state index contributed by atoms with van der Waals surface area (Å²) in [6, 6.07) is 18.6. The van der Waals surface area contributed by atoms with Crippen molar-refractivity contribution in [3.05, 3.63) is 94.5 Å². The van der Waals surface area contributed by atoms with Gasteiger partial charge in [0, 0.05) is 47.7 Å². The summed E-state index contributed by atoms with van der Waals surface area (Å²) in [7, 11) is -2.23. The lowest BCUT2D eigenvalue weighted by Crippen LogP contribution is -2.46. The van der Waals surface area contributed by atoms with Gasteiger partial charge in [-0.15, -0.1) is 10.2 Å². The minimum atomic E-state index is -4.04. The number of hydrogen-bond acceptors (Lipinski definition) is 7. The summed E-state index contributed by atoms with van der Waals surface area (Å²) in [5, 5.41) is 12.3. The van der Waals surface area contributed by atoms with Crippen molar-refractivity contribution in [3.8, 4) is 17.1 Å². The van der Waals surface area contributed by atoms with Gasteiger partial charge in [0.1, 0.15) is 5.69 Å². The van der Waals surface area contributed by atoms with E-state index in [1.807, 2.05) is 54.1 Å². The molecule has 0 unspecified atom stereocenters. The van der Waals surface area contributed by atoms with Gasteiger partial charge in [0.2, 0.25) is 11.8 Å². The Bertz CT molecular complexity index is 2080. The van der Waals surface area contributed by atoms with Gasteiger partial charge in [-0.05, 0) is 91.4 Å². The standard InChI is InChI=1S/C32H29ClN6O5S/c1-19-35-36-29(44-19)21-5-12-27-26(17-21)25-13-16-38(2)30(40)28(25)39(27)23-8-3-20(4-9-23)18-32(14-15-32)34-31(41)37-45(42,43)24-10-6-22(33)7-11-24/h3-12,17H,13-16,18H2,1-2H3,(H2,34,37,41). The number of carbonyl (C=O) groups is 2. The molecule has 3 aromatic carbocycles. The lowest BCUT2D eigenvalue weighted by atomic mass is 10.0. The molecule has 1 fully saturated rings. The molecule has 1 aliphatic heterocycles. The van der Waals surface area contributed by atoms with Crippen LogP contribution in [0, 0.1) is 6.92 Å². The molecule has 0 spiro atoms. The first-order chi connectivity index (χ1) is 21.5. The summed E-state index contributed by atoms with van der Waals surface area (Å²) in [6.45, 7) is 2.37. The number of carbonyl (C=O) groups excluding carboxylic acids is 2. The molecule has 0 bridgehead atoms. The summed E-state index contributed by atoms with van der Waals surface area (Å²) >= 11 is 5.86. The molecule has 13 heteroatoms. The fourth-order valence-corrected chi connectivity index (χ4v) is 6.95. The van der Waals surface area contributed by atoms with Crippen molar-refractivity contribution in [3.63, 3.8) is 0 Å². The van der Waals surface area contributed by atoms with Crippen LogP contribution in [0.4, 0.5) is 4.79 Å². The number of benzene rings is 3. The molecule has 1 aliphatic carbocycles. The highest BCUT2D eigenvalue weighted by Crippen LogP contribution is 2.39. The minimum Gasteiger partial charge on any atom is -0.421 e. The van der Waals surface area contributed by atoms with Crippen LogP contribution in [0.2, 0.25) is 5.02 Å². The first-order valence-corrected chi connectivity index (χ1v) is 16.3. The van der Waals surface area contributed by atoms with Crippen molar-refractivity contribution < 1.29 is 22.4 Å². The van der Waals surface area contributed by atoms with E-state index in [2.05, 4.69) is 20.2 Å². The average molecular weight is 645 g/mol. The lowest BCUT2D eigenvalue weighted by molar-refractivity contribution is 0.0773. The summed E-state index contributed by atoms with van der Waals surface area (Å²) in [4.78, 5) is 27.9. The Morgan fingerprint density at radius 1 is 1.04 bits per heavy atom. The normalized spacial score (nSPS) is 15.6. The number of hydrogen-bond donors (Lipinski definition) is 2. The third-order valence-electron chi connectivity index (χ3n) is 8.41. The molecule has 7 rings (SSSR count). The largest absolute Gasteiger partial charge is 0.421 e. The lowest BCUT2D eigenvalue weighted by Gasteiger charge is -2.24. The van der Waals surface area contributed by atoms with Gasteiger partial charge in [0.15, 0.2) is 0 Å². The van der Waals surface area contributed by atoms with Crippen LogP contribution in [0.1, 0.15) is 40.3 Å². The van der Waals surface area contributed by atoms with E-state index in [0.29, 0.717) is 35.5 Å². The van der Waals surface area contributed by atoms with Crippen molar-refractivity contribution in [1.82, 2.24) is 29.7 Å². The number of nitrogens with zero attached hydrogens (tertiary/aromatic N) is 4. The number of sulfonamides is 1. The van der Waals surface area contributed by atoms with E-state index < -0.39 is 21.6 Å². The summed E-state index contributed by atoms with van der Waals surface area (Å²) in [5.41, 5.74) is 4.56. The molecule has 3 heterocycles. The molecular formula is C32H29ClN6O5S. The predicted molar refractivity (Wildman–Crippen MR) is 168 cm³/mol. The predicted octanol–water partition coefficient (Wildman–Crippen LogP) is 5.03. The molecular weight excluding hydrogens is 616 g/mol. The van der Waals surface area contributed by atoms with Gasteiger partial charge in [-0.3, -0.25) is 4.79 Å². The second-order valence-corrected chi connectivity index (χ2v) is 13.8. The maximum Gasteiger partial charge on any atom is 0.329 e.